The highest BCUT2D eigenvalue weighted by molar-refractivity contribution is 5.90. The predicted octanol–water partition coefficient (Wildman–Crippen LogP) is 3.08. The minimum atomic E-state index is -0.398. The van der Waals surface area contributed by atoms with E-state index < -0.39 is 5.97 Å². The molecule has 0 unspecified atom stereocenters. The zero-order chi connectivity index (χ0) is 14.4. The highest BCUT2D eigenvalue weighted by Gasteiger charge is 2.16. The van der Waals surface area contributed by atoms with Crippen molar-refractivity contribution in [3.8, 4) is 5.75 Å². The fraction of sp³-hybridized carbons (Fsp3) is 0.267. The largest absolute Gasteiger partial charge is 0.486 e. The molecule has 0 radical (unpaired) electrons. The molecule has 0 spiro atoms. The lowest BCUT2D eigenvalue weighted by atomic mass is 10.2. The van der Waals surface area contributed by atoms with Gasteiger partial charge in [0.1, 0.15) is 17.9 Å². The topological polar surface area (TPSA) is 60.7 Å². The smallest absolute Gasteiger partial charge is 0.341 e. The fourth-order valence-corrected chi connectivity index (χ4v) is 1.71. The van der Waals surface area contributed by atoms with Crippen LogP contribution in [0.25, 0.3) is 0 Å². The molecular weight excluding hydrogens is 258 g/mol. The van der Waals surface area contributed by atoms with E-state index in [9.17, 15) is 4.79 Å². The van der Waals surface area contributed by atoms with E-state index in [0.29, 0.717) is 23.7 Å². The predicted molar refractivity (Wildman–Crippen MR) is 75.0 cm³/mol. The highest BCUT2D eigenvalue weighted by atomic mass is 16.5. The monoisotopic (exact) mass is 275 g/mol. The van der Waals surface area contributed by atoms with E-state index in [-0.39, 0.29) is 6.61 Å². The quantitative estimate of drug-likeness (QED) is 0.821. The Morgan fingerprint density at radius 1 is 1.25 bits per heavy atom. The molecule has 2 aromatic rings. The second-order valence-corrected chi connectivity index (χ2v) is 4.04. The number of esters is 1. The Hall–Kier alpha value is -2.43. The van der Waals surface area contributed by atoms with Crippen molar-refractivity contribution in [2.24, 2.45) is 0 Å². The fourth-order valence-electron chi connectivity index (χ4n) is 1.71. The molecule has 0 saturated heterocycles. The van der Waals surface area contributed by atoms with Crippen LogP contribution >= 0.6 is 0 Å². The minimum Gasteiger partial charge on any atom is -0.486 e. The van der Waals surface area contributed by atoms with Crippen LogP contribution in [0.15, 0.2) is 41.0 Å². The molecule has 2 rings (SSSR count). The Morgan fingerprint density at radius 3 is 2.65 bits per heavy atom. The zero-order valence-corrected chi connectivity index (χ0v) is 11.5. The van der Waals surface area contributed by atoms with Gasteiger partial charge in [-0.1, -0.05) is 0 Å². The van der Waals surface area contributed by atoms with E-state index in [4.69, 9.17) is 13.9 Å². The van der Waals surface area contributed by atoms with E-state index in [1.54, 1.807) is 13.0 Å². The summed E-state index contributed by atoms with van der Waals surface area (Å²) in [4.78, 5) is 11.7. The molecular formula is C15H17NO4. The molecule has 1 aromatic heterocycles. The maximum absolute atomic E-state index is 11.7. The van der Waals surface area contributed by atoms with Gasteiger partial charge in [0, 0.05) is 12.7 Å². The first-order valence-electron chi connectivity index (χ1n) is 6.38. The van der Waals surface area contributed by atoms with Gasteiger partial charge in [0.2, 0.25) is 0 Å². The minimum absolute atomic E-state index is 0.181. The first kappa shape index (κ1) is 14.0. The number of benzene rings is 1. The maximum Gasteiger partial charge on any atom is 0.341 e. The Balaban J connectivity index is 2.00. The van der Waals surface area contributed by atoms with Crippen LogP contribution in [0.3, 0.4) is 0 Å². The summed E-state index contributed by atoms with van der Waals surface area (Å²) >= 11 is 0. The molecule has 106 valence electrons. The van der Waals surface area contributed by atoms with Crippen molar-refractivity contribution in [2.75, 3.05) is 19.0 Å². The number of rotatable bonds is 6. The molecule has 20 heavy (non-hydrogen) atoms. The average molecular weight is 275 g/mol. The summed E-state index contributed by atoms with van der Waals surface area (Å²) in [7, 11) is 1.85. The van der Waals surface area contributed by atoms with Gasteiger partial charge in [0.25, 0.3) is 0 Å². The molecule has 5 nitrogen and oxygen atoms in total. The summed E-state index contributed by atoms with van der Waals surface area (Å²) in [6.07, 6.45) is 1.45. The van der Waals surface area contributed by atoms with Crippen molar-refractivity contribution in [2.45, 2.75) is 13.5 Å². The number of hydrogen-bond donors (Lipinski definition) is 1. The lowest BCUT2D eigenvalue weighted by Crippen LogP contribution is -2.07. The lowest BCUT2D eigenvalue weighted by molar-refractivity contribution is 0.0521. The number of anilines is 1. The third-order valence-electron chi connectivity index (χ3n) is 2.75. The normalized spacial score (nSPS) is 10.1. The third kappa shape index (κ3) is 3.32. The van der Waals surface area contributed by atoms with Crippen molar-refractivity contribution in [1.29, 1.82) is 0 Å². The van der Waals surface area contributed by atoms with E-state index in [0.717, 1.165) is 5.69 Å². The molecule has 5 heteroatoms. The molecule has 1 heterocycles. The molecule has 0 aliphatic carbocycles. The third-order valence-corrected chi connectivity index (χ3v) is 2.75. The SMILES string of the molecule is CCOC(=O)c1ccoc1COc1ccc(NC)cc1. The van der Waals surface area contributed by atoms with Gasteiger partial charge < -0.3 is 19.2 Å². The van der Waals surface area contributed by atoms with E-state index >= 15 is 0 Å². The van der Waals surface area contributed by atoms with Crippen molar-refractivity contribution in [3.05, 3.63) is 47.9 Å². The molecule has 0 amide bonds. The maximum atomic E-state index is 11.7. The van der Waals surface area contributed by atoms with Crippen molar-refractivity contribution >= 4 is 11.7 Å². The average Bonchev–Trinajstić information content (AvgIpc) is 2.94. The van der Waals surface area contributed by atoms with Gasteiger partial charge in [0.05, 0.1) is 12.9 Å². The van der Waals surface area contributed by atoms with Gasteiger partial charge in [0.15, 0.2) is 5.76 Å². The molecule has 0 aliphatic heterocycles. The van der Waals surface area contributed by atoms with Gasteiger partial charge >= 0.3 is 5.97 Å². The van der Waals surface area contributed by atoms with Gasteiger partial charge in [-0.2, -0.15) is 0 Å². The van der Waals surface area contributed by atoms with Crippen molar-refractivity contribution < 1.29 is 18.7 Å². The van der Waals surface area contributed by atoms with Crippen LogP contribution in [0.1, 0.15) is 23.0 Å². The number of carbonyl (C=O) groups is 1. The van der Waals surface area contributed by atoms with Gasteiger partial charge in [-0.3, -0.25) is 0 Å². The van der Waals surface area contributed by atoms with Crippen molar-refractivity contribution in [3.63, 3.8) is 0 Å². The van der Waals surface area contributed by atoms with Gasteiger partial charge in [-0.05, 0) is 37.3 Å². The molecule has 0 aliphatic rings. The summed E-state index contributed by atoms with van der Waals surface area (Å²) in [5, 5.41) is 3.03. The van der Waals surface area contributed by atoms with Crippen LogP contribution in [0.5, 0.6) is 5.75 Å². The molecule has 0 saturated carbocycles. The Morgan fingerprint density at radius 2 is 2.00 bits per heavy atom. The number of furan rings is 1. The summed E-state index contributed by atoms with van der Waals surface area (Å²) in [5.74, 6) is 0.765. The number of hydrogen-bond acceptors (Lipinski definition) is 5. The standard InChI is InChI=1S/C15H17NO4/c1-3-18-15(17)13-8-9-19-14(13)10-20-12-6-4-11(16-2)5-7-12/h4-9,16H,3,10H2,1-2H3. The van der Waals surface area contributed by atoms with E-state index in [1.165, 1.54) is 6.26 Å². The van der Waals surface area contributed by atoms with Crippen LogP contribution in [0, 0.1) is 0 Å². The Labute approximate surface area is 117 Å². The van der Waals surface area contributed by atoms with Crippen LogP contribution in [-0.2, 0) is 11.3 Å². The second kappa shape index (κ2) is 6.65. The van der Waals surface area contributed by atoms with Gasteiger partial charge in [-0.15, -0.1) is 0 Å². The highest BCUT2D eigenvalue weighted by Crippen LogP contribution is 2.19. The van der Waals surface area contributed by atoms with Crippen molar-refractivity contribution in [1.82, 2.24) is 0 Å². The molecule has 1 aromatic carbocycles. The number of carbonyl (C=O) groups excluding carboxylic acids is 1. The molecule has 0 fully saturated rings. The molecule has 1 N–H and O–H groups in total. The van der Waals surface area contributed by atoms with Crippen LogP contribution < -0.4 is 10.1 Å². The Kier molecular flexibility index (Phi) is 4.65. The van der Waals surface area contributed by atoms with Crippen LogP contribution in [0.4, 0.5) is 5.69 Å². The molecule has 0 bridgehead atoms. The number of ether oxygens (including phenoxy) is 2. The zero-order valence-electron chi connectivity index (χ0n) is 11.5. The summed E-state index contributed by atoms with van der Waals surface area (Å²) in [6.45, 7) is 2.27. The van der Waals surface area contributed by atoms with Crippen LogP contribution in [-0.4, -0.2) is 19.6 Å². The summed E-state index contributed by atoms with van der Waals surface area (Å²) in [6, 6.07) is 9.09. The summed E-state index contributed by atoms with van der Waals surface area (Å²) < 4.78 is 15.8. The lowest BCUT2D eigenvalue weighted by Gasteiger charge is -2.07. The first-order valence-corrected chi connectivity index (χ1v) is 6.38. The van der Waals surface area contributed by atoms with E-state index in [1.807, 2.05) is 31.3 Å². The number of nitrogens with one attached hydrogen (secondary N) is 1. The van der Waals surface area contributed by atoms with Crippen LogP contribution in [0.2, 0.25) is 0 Å². The molecule has 0 atom stereocenters. The summed E-state index contributed by atoms with van der Waals surface area (Å²) in [5.41, 5.74) is 1.40. The first-order chi connectivity index (χ1) is 9.74. The Bertz CT molecular complexity index is 560. The van der Waals surface area contributed by atoms with E-state index in [2.05, 4.69) is 5.32 Å². The van der Waals surface area contributed by atoms with Gasteiger partial charge in [-0.25, -0.2) is 4.79 Å². The second-order valence-electron chi connectivity index (χ2n) is 4.04.